The van der Waals surface area contributed by atoms with Crippen LogP contribution in [0.4, 0.5) is 10.1 Å². The van der Waals surface area contributed by atoms with Crippen LogP contribution in [0.15, 0.2) is 63.9 Å². The molecule has 4 aromatic rings. The number of rotatable bonds is 11. The zero-order valence-corrected chi connectivity index (χ0v) is 24.2. The van der Waals surface area contributed by atoms with Crippen molar-refractivity contribution in [2.24, 2.45) is 0 Å². The summed E-state index contributed by atoms with van der Waals surface area (Å²) in [6, 6.07) is 12.8. The van der Waals surface area contributed by atoms with E-state index in [4.69, 9.17) is 4.42 Å². The number of amides is 1. The molecule has 1 amide bonds. The van der Waals surface area contributed by atoms with Crippen LogP contribution in [0, 0.1) is 12.7 Å². The number of nitrogens with one attached hydrogen (secondary N) is 2. The Labute approximate surface area is 241 Å². The van der Waals surface area contributed by atoms with Gasteiger partial charge in [-0.25, -0.2) is 17.8 Å². The van der Waals surface area contributed by atoms with Gasteiger partial charge in [-0.15, -0.1) is 10.2 Å². The highest BCUT2D eigenvalue weighted by Gasteiger charge is 2.28. The summed E-state index contributed by atoms with van der Waals surface area (Å²) in [7, 11) is -3.83. The molecule has 4 rings (SSSR count). The van der Waals surface area contributed by atoms with E-state index in [2.05, 4.69) is 25.2 Å². The molecule has 0 atom stereocenters. The number of aromatic nitrogens is 4. The van der Waals surface area contributed by atoms with Crippen LogP contribution < -0.4 is 15.6 Å². The molecule has 0 aliphatic carbocycles. The third-order valence-electron chi connectivity index (χ3n) is 5.97. The summed E-state index contributed by atoms with van der Waals surface area (Å²) < 4.78 is 45.6. The number of ketones is 1. The summed E-state index contributed by atoms with van der Waals surface area (Å²) in [6.45, 7) is 4.60. The van der Waals surface area contributed by atoms with Crippen molar-refractivity contribution in [3.05, 3.63) is 93.8 Å². The molecule has 220 valence electrons. The molecular formula is C28H29FN6O6S. The predicted molar refractivity (Wildman–Crippen MR) is 152 cm³/mol. The van der Waals surface area contributed by atoms with Gasteiger partial charge in [0, 0.05) is 17.5 Å². The Morgan fingerprint density at radius 1 is 1.10 bits per heavy atom. The smallest absolute Gasteiger partial charge is 0.284 e. The fourth-order valence-electron chi connectivity index (χ4n) is 4.25. The lowest BCUT2D eigenvalue weighted by Crippen LogP contribution is -2.47. The molecule has 2 aromatic carbocycles. The molecule has 2 N–H and O–H groups in total. The topological polar surface area (TPSA) is 166 Å². The Morgan fingerprint density at radius 2 is 1.81 bits per heavy atom. The quantitative estimate of drug-likeness (QED) is 0.248. The van der Waals surface area contributed by atoms with Crippen molar-refractivity contribution in [1.29, 1.82) is 0 Å². The van der Waals surface area contributed by atoms with E-state index in [1.807, 2.05) is 31.2 Å². The summed E-state index contributed by atoms with van der Waals surface area (Å²) >= 11 is 0. The molecule has 12 nitrogen and oxygen atoms in total. The maximum Gasteiger partial charge on any atom is 0.284 e. The third-order valence-corrected chi connectivity index (χ3v) is 6.56. The van der Waals surface area contributed by atoms with E-state index in [0.29, 0.717) is 12.0 Å². The highest BCUT2D eigenvalue weighted by Crippen LogP contribution is 2.19. The average Bonchev–Trinajstić information content (AvgIpc) is 3.34. The number of hydrogen-bond acceptors (Lipinski definition) is 9. The Morgan fingerprint density at radius 3 is 2.48 bits per heavy atom. The van der Waals surface area contributed by atoms with Gasteiger partial charge in [0.25, 0.3) is 11.4 Å². The zero-order valence-electron chi connectivity index (χ0n) is 23.3. The summed E-state index contributed by atoms with van der Waals surface area (Å²) in [5.74, 6) is -1.59. The Balaban J connectivity index is 1.50. The second kappa shape index (κ2) is 12.0. The van der Waals surface area contributed by atoms with Crippen molar-refractivity contribution in [2.45, 2.75) is 45.7 Å². The molecule has 0 aliphatic heterocycles. The van der Waals surface area contributed by atoms with E-state index in [0.717, 1.165) is 40.3 Å². The van der Waals surface area contributed by atoms with E-state index in [-0.39, 0.29) is 29.7 Å². The lowest BCUT2D eigenvalue weighted by molar-refractivity contribution is -0.123. The minimum atomic E-state index is -3.83. The fraction of sp³-hybridized carbons (Fsp3) is 0.286. The number of aryl methyl sites for hydroxylation is 1. The highest BCUT2D eigenvalue weighted by atomic mass is 32.2. The summed E-state index contributed by atoms with van der Waals surface area (Å²) in [6.07, 6.45) is 2.05. The summed E-state index contributed by atoms with van der Waals surface area (Å²) in [4.78, 5) is 43.4. The van der Waals surface area contributed by atoms with Crippen LogP contribution in [0.2, 0.25) is 0 Å². The predicted octanol–water partition coefficient (Wildman–Crippen LogP) is 2.87. The molecule has 0 saturated heterocycles. The van der Waals surface area contributed by atoms with E-state index in [9.17, 15) is 27.2 Å². The number of hydrogen-bond donors (Lipinski definition) is 2. The number of anilines is 1. The number of nitrogens with zero attached hydrogens (tertiary/aromatic N) is 4. The van der Waals surface area contributed by atoms with Crippen LogP contribution in [0.1, 0.15) is 48.0 Å². The summed E-state index contributed by atoms with van der Waals surface area (Å²) in [5, 5.41) is 10.5. The molecule has 0 spiro atoms. The van der Waals surface area contributed by atoms with Gasteiger partial charge in [0.1, 0.15) is 23.9 Å². The number of halogens is 1. The molecule has 0 aliphatic rings. The van der Waals surface area contributed by atoms with Crippen molar-refractivity contribution >= 4 is 27.4 Å². The van der Waals surface area contributed by atoms with Gasteiger partial charge in [0.2, 0.25) is 27.6 Å². The fourth-order valence-corrected chi connectivity index (χ4v) is 4.79. The van der Waals surface area contributed by atoms with Gasteiger partial charge in [-0.3, -0.25) is 23.7 Å². The molecule has 2 aromatic heterocycles. The normalized spacial score (nSPS) is 11.7. The minimum Gasteiger partial charge on any atom is -0.418 e. The van der Waals surface area contributed by atoms with E-state index in [1.165, 1.54) is 12.1 Å². The van der Waals surface area contributed by atoms with Crippen molar-refractivity contribution in [3.63, 3.8) is 0 Å². The van der Waals surface area contributed by atoms with Crippen molar-refractivity contribution in [1.82, 2.24) is 25.1 Å². The largest absolute Gasteiger partial charge is 0.418 e. The average molecular weight is 597 g/mol. The minimum absolute atomic E-state index is 0.00934. The van der Waals surface area contributed by atoms with E-state index in [1.54, 1.807) is 13.8 Å². The lowest BCUT2D eigenvalue weighted by Gasteiger charge is -2.25. The van der Waals surface area contributed by atoms with Crippen LogP contribution in [-0.2, 0) is 27.8 Å². The maximum absolute atomic E-state index is 13.5. The summed E-state index contributed by atoms with van der Waals surface area (Å²) in [5.41, 5.74) is 0.0243. The van der Waals surface area contributed by atoms with Gasteiger partial charge in [-0.05, 0) is 50.6 Å². The SMILES string of the molecule is Cc1cccc(Cc2nnc(C(=O)CC(C)(C)NC(=O)Cn3c(-c4ccc(F)cc4)ncc(NS(C)(=O)=O)c3=O)o2)c1. The van der Waals surface area contributed by atoms with Crippen molar-refractivity contribution < 1.29 is 26.8 Å². The number of carbonyl (C=O) groups excluding carboxylic acids is 2. The Kier molecular flexibility index (Phi) is 8.66. The molecular weight excluding hydrogens is 567 g/mol. The molecule has 0 bridgehead atoms. The first kappa shape index (κ1) is 30.2. The number of Topliss-reactive ketones (excluding diaryl/α,β-unsaturated/α-hetero) is 1. The van der Waals surface area contributed by atoms with Gasteiger partial charge in [-0.2, -0.15) is 0 Å². The van der Waals surface area contributed by atoms with Crippen LogP contribution in [-0.4, -0.2) is 51.7 Å². The lowest BCUT2D eigenvalue weighted by atomic mass is 9.97. The first-order chi connectivity index (χ1) is 19.7. The van der Waals surface area contributed by atoms with Gasteiger partial charge < -0.3 is 9.73 Å². The molecule has 0 fully saturated rings. The third kappa shape index (κ3) is 7.94. The Bertz CT molecular complexity index is 1800. The number of benzene rings is 2. The molecule has 42 heavy (non-hydrogen) atoms. The molecule has 2 heterocycles. The number of sulfonamides is 1. The van der Waals surface area contributed by atoms with Crippen molar-refractivity contribution in [2.75, 3.05) is 11.0 Å². The first-order valence-electron chi connectivity index (χ1n) is 12.7. The van der Waals surface area contributed by atoms with E-state index >= 15 is 0 Å². The monoisotopic (exact) mass is 596 g/mol. The molecule has 0 saturated carbocycles. The molecule has 0 radical (unpaired) electrons. The first-order valence-corrected chi connectivity index (χ1v) is 14.6. The molecule has 14 heteroatoms. The standard InChI is InChI=1S/C28H29FN6O6S/c1-17-6-5-7-18(12-17)13-24-32-33-26(41-24)22(36)14-28(2,3)31-23(37)16-35-25(19-8-10-20(29)11-9-19)30-15-21(27(35)38)34-42(4,39)40/h5-12,15,34H,13-14,16H2,1-4H3,(H,31,37). The number of carbonyl (C=O) groups is 2. The highest BCUT2D eigenvalue weighted by molar-refractivity contribution is 7.92. The van der Waals surface area contributed by atoms with Crippen LogP contribution in [0.25, 0.3) is 11.4 Å². The van der Waals surface area contributed by atoms with Gasteiger partial charge in [0.15, 0.2) is 0 Å². The van der Waals surface area contributed by atoms with Crippen LogP contribution >= 0.6 is 0 Å². The van der Waals surface area contributed by atoms with Crippen molar-refractivity contribution in [3.8, 4) is 11.4 Å². The maximum atomic E-state index is 13.5. The Hall–Kier alpha value is -4.72. The second-order valence-electron chi connectivity index (χ2n) is 10.5. The van der Waals surface area contributed by atoms with Gasteiger partial charge in [-0.1, -0.05) is 29.8 Å². The van der Waals surface area contributed by atoms with Crippen LogP contribution in [0.3, 0.4) is 0 Å². The molecule has 0 unspecified atom stereocenters. The second-order valence-corrected chi connectivity index (χ2v) is 12.2. The van der Waals surface area contributed by atoms with Crippen LogP contribution in [0.5, 0.6) is 0 Å². The van der Waals surface area contributed by atoms with Gasteiger partial charge in [0.05, 0.1) is 18.9 Å². The van der Waals surface area contributed by atoms with E-state index < -0.39 is 45.2 Å². The zero-order chi connectivity index (χ0) is 30.7. The van der Waals surface area contributed by atoms with Gasteiger partial charge >= 0.3 is 0 Å².